The Morgan fingerprint density at radius 1 is 1.37 bits per heavy atom. The zero-order valence-electron chi connectivity index (χ0n) is 13.6. The summed E-state index contributed by atoms with van der Waals surface area (Å²) in [7, 11) is 1.52. The van der Waals surface area contributed by atoms with Gasteiger partial charge in [-0.25, -0.2) is 4.98 Å². The average Bonchev–Trinajstić information content (AvgIpc) is 3.06. The molecule has 0 radical (unpaired) electrons. The molecule has 0 aliphatic carbocycles. The van der Waals surface area contributed by atoms with Gasteiger partial charge in [0, 0.05) is 12.1 Å². The van der Waals surface area contributed by atoms with Crippen molar-refractivity contribution in [2.24, 2.45) is 7.05 Å². The zero-order chi connectivity index (χ0) is 19.8. The molecule has 5 nitrogen and oxygen atoms in total. The Balaban J connectivity index is 1.76. The molecular weight excluding hydrogens is 423 g/mol. The maximum atomic E-state index is 13.1. The van der Waals surface area contributed by atoms with Crippen LogP contribution in [0.3, 0.4) is 0 Å². The predicted molar refractivity (Wildman–Crippen MR) is 101 cm³/mol. The number of thioether (sulfide) groups is 1. The Labute approximate surface area is 164 Å². The zero-order valence-corrected chi connectivity index (χ0v) is 16.0. The van der Waals surface area contributed by atoms with E-state index in [1.165, 1.54) is 29.0 Å². The number of carbonyl (C=O) groups is 1. The van der Waals surface area contributed by atoms with Crippen molar-refractivity contribution >= 4 is 56.5 Å². The minimum atomic E-state index is -4.66. The van der Waals surface area contributed by atoms with Gasteiger partial charge in [0.15, 0.2) is 5.16 Å². The van der Waals surface area contributed by atoms with E-state index < -0.39 is 17.6 Å². The summed E-state index contributed by atoms with van der Waals surface area (Å²) in [6.07, 6.45) is -4.66. The normalized spacial score (nSPS) is 11.7. The molecule has 0 aliphatic heterocycles. The van der Waals surface area contributed by atoms with Gasteiger partial charge in [0.1, 0.15) is 4.70 Å². The number of anilines is 1. The molecule has 11 heteroatoms. The van der Waals surface area contributed by atoms with E-state index >= 15 is 0 Å². The molecule has 2 aromatic heterocycles. The number of halogens is 4. The highest BCUT2D eigenvalue weighted by atomic mass is 35.5. The predicted octanol–water partition coefficient (Wildman–Crippen LogP) is 4.40. The number of alkyl halides is 3. The van der Waals surface area contributed by atoms with Crippen molar-refractivity contribution in [1.29, 1.82) is 0 Å². The smallest absolute Gasteiger partial charge is 0.325 e. The number of thiophene rings is 1. The van der Waals surface area contributed by atoms with Gasteiger partial charge < -0.3 is 5.32 Å². The van der Waals surface area contributed by atoms with E-state index in [1.807, 2.05) is 0 Å². The lowest BCUT2D eigenvalue weighted by molar-refractivity contribution is -0.137. The largest absolute Gasteiger partial charge is 0.418 e. The number of rotatable bonds is 4. The number of amides is 1. The fourth-order valence-corrected chi connectivity index (χ4v) is 4.02. The third kappa shape index (κ3) is 4.28. The first-order valence-electron chi connectivity index (χ1n) is 7.40. The molecule has 3 rings (SSSR count). The molecule has 0 atom stereocenters. The molecule has 1 N–H and O–H groups in total. The second kappa shape index (κ2) is 7.53. The Morgan fingerprint density at radius 3 is 2.81 bits per heavy atom. The van der Waals surface area contributed by atoms with E-state index in [0.717, 1.165) is 23.9 Å². The molecule has 142 valence electrons. The maximum Gasteiger partial charge on any atom is 0.418 e. The number of hydrogen-bond acceptors (Lipinski definition) is 5. The quantitative estimate of drug-likeness (QED) is 0.489. The van der Waals surface area contributed by atoms with Crippen molar-refractivity contribution in [1.82, 2.24) is 9.55 Å². The van der Waals surface area contributed by atoms with Gasteiger partial charge in [-0.3, -0.25) is 14.2 Å². The first-order valence-corrected chi connectivity index (χ1v) is 9.65. The van der Waals surface area contributed by atoms with Crippen molar-refractivity contribution < 1.29 is 18.0 Å². The maximum absolute atomic E-state index is 13.1. The molecule has 27 heavy (non-hydrogen) atoms. The molecule has 0 aliphatic rings. The molecule has 1 aromatic carbocycles. The van der Waals surface area contributed by atoms with Gasteiger partial charge >= 0.3 is 6.18 Å². The first-order chi connectivity index (χ1) is 12.7. The Kier molecular flexibility index (Phi) is 5.50. The third-order valence-corrected chi connectivity index (χ3v) is 5.70. The highest BCUT2D eigenvalue weighted by Gasteiger charge is 2.34. The van der Waals surface area contributed by atoms with Crippen LogP contribution in [0.4, 0.5) is 18.9 Å². The Bertz CT molecular complexity index is 1080. The molecule has 0 spiro atoms. The fourth-order valence-electron chi connectivity index (χ4n) is 2.27. The first kappa shape index (κ1) is 19.7. The van der Waals surface area contributed by atoms with Gasteiger partial charge in [-0.15, -0.1) is 11.3 Å². The third-order valence-electron chi connectivity index (χ3n) is 3.54. The number of carbonyl (C=O) groups excluding carboxylic acids is 1. The second-order valence-electron chi connectivity index (χ2n) is 5.42. The highest BCUT2D eigenvalue weighted by molar-refractivity contribution is 7.99. The summed E-state index contributed by atoms with van der Waals surface area (Å²) in [5, 5.41) is 4.18. The summed E-state index contributed by atoms with van der Waals surface area (Å²) in [4.78, 5) is 28.6. The summed E-state index contributed by atoms with van der Waals surface area (Å²) in [5.41, 5.74) is -1.13. The molecule has 0 bridgehead atoms. The van der Waals surface area contributed by atoms with Crippen LogP contribution in [0.2, 0.25) is 5.02 Å². The minimum Gasteiger partial charge on any atom is -0.325 e. The average molecular weight is 434 g/mol. The van der Waals surface area contributed by atoms with Gasteiger partial charge in [0.25, 0.3) is 5.56 Å². The van der Waals surface area contributed by atoms with Crippen LogP contribution >= 0.6 is 34.7 Å². The second-order valence-corrected chi connectivity index (χ2v) is 7.71. The van der Waals surface area contributed by atoms with Crippen molar-refractivity contribution in [3.05, 3.63) is 50.6 Å². The molecule has 3 aromatic rings. The number of benzene rings is 1. The Hall–Kier alpha value is -2.04. The van der Waals surface area contributed by atoms with E-state index in [0.29, 0.717) is 15.4 Å². The molecule has 0 fully saturated rings. The lowest BCUT2D eigenvalue weighted by Gasteiger charge is -2.14. The monoisotopic (exact) mass is 433 g/mol. The van der Waals surface area contributed by atoms with Crippen LogP contribution in [0.15, 0.2) is 39.6 Å². The van der Waals surface area contributed by atoms with Crippen LogP contribution in [0.1, 0.15) is 5.56 Å². The number of nitrogens with zero attached hydrogens (tertiary/aromatic N) is 2. The van der Waals surface area contributed by atoms with E-state index in [-0.39, 0.29) is 22.0 Å². The molecule has 0 saturated carbocycles. The lowest BCUT2D eigenvalue weighted by Crippen LogP contribution is -2.21. The fraction of sp³-hybridized carbons (Fsp3) is 0.188. The number of fused-ring (bicyclic) bond motifs is 1. The van der Waals surface area contributed by atoms with Crippen molar-refractivity contribution in [2.75, 3.05) is 11.1 Å². The topological polar surface area (TPSA) is 64.0 Å². The summed E-state index contributed by atoms with van der Waals surface area (Å²) in [5.74, 6) is -0.872. The lowest BCUT2D eigenvalue weighted by atomic mass is 10.1. The molecule has 1 amide bonds. The summed E-state index contributed by atoms with van der Waals surface area (Å²) in [6, 6.07) is 4.80. The Morgan fingerprint density at radius 2 is 2.11 bits per heavy atom. The van der Waals surface area contributed by atoms with E-state index in [9.17, 15) is 22.8 Å². The van der Waals surface area contributed by atoms with Gasteiger partial charge in [0.05, 0.1) is 22.5 Å². The van der Waals surface area contributed by atoms with Crippen molar-refractivity contribution in [3.8, 4) is 0 Å². The van der Waals surface area contributed by atoms with Crippen LogP contribution < -0.4 is 10.9 Å². The van der Waals surface area contributed by atoms with Crippen LogP contribution in [0.5, 0.6) is 0 Å². The van der Waals surface area contributed by atoms with Crippen LogP contribution in [-0.4, -0.2) is 21.2 Å². The summed E-state index contributed by atoms with van der Waals surface area (Å²) in [6.45, 7) is 0. The van der Waals surface area contributed by atoms with Crippen LogP contribution in [0, 0.1) is 0 Å². The standard InChI is InChI=1S/C16H11ClF3N3O2S2/c1-23-14(25)13-11(4-5-26-13)22-15(23)27-7-12(24)21-10-3-2-8(17)6-9(10)16(18,19)20/h2-6H,7H2,1H3,(H,21,24). The van der Waals surface area contributed by atoms with Gasteiger partial charge in [-0.2, -0.15) is 13.2 Å². The van der Waals surface area contributed by atoms with Crippen LogP contribution in [0.25, 0.3) is 10.2 Å². The summed E-state index contributed by atoms with van der Waals surface area (Å²) < 4.78 is 41.1. The van der Waals surface area contributed by atoms with E-state index in [2.05, 4.69) is 10.3 Å². The minimum absolute atomic E-state index is 0.0852. The van der Waals surface area contributed by atoms with Crippen LogP contribution in [-0.2, 0) is 18.0 Å². The highest BCUT2D eigenvalue weighted by Crippen LogP contribution is 2.36. The van der Waals surface area contributed by atoms with Crippen molar-refractivity contribution in [3.63, 3.8) is 0 Å². The molecule has 0 saturated heterocycles. The van der Waals surface area contributed by atoms with Gasteiger partial charge in [-0.1, -0.05) is 23.4 Å². The number of hydrogen-bond donors (Lipinski definition) is 1. The number of aromatic nitrogens is 2. The number of nitrogens with one attached hydrogen (secondary N) is 1. The van der Waals surface area contributed by atoms with Crippen molar-refractivity contribution in [2.45, 2.75) is 11.3 Å². The van der Waals surface area contributed by atoms with Gasteiger partial charge in [-0.05, 0) is 29.6 Å². The SMILES string of the molecule is Cn1c(SCC(=O)Nc2ccc(Cl)cc2C(F)(F)F)nc2ccsc2c1=O. The van der Waals surface area contributed by atoms with Gasteiger partial charge in [0.2, 0.25) is 5.91 Å². The molecule has 0 unspecified atom stereocenters. The van der Waals surface area contributed by atoms with E-state index in [4.69, 9.17) is 11.6 Å². The summed E-state index contributed by atoms with van der Waals surface area (Å²) >= 11 is 7.84. The molecular formula is C16H11ClF3N3O2S2. The van der Waals surface area contributed by atoms with E-state index in [1.54, 1.807) is 11.4 Å². The molecule has 2 heterocycles.